The first-order valence-corrected chi connectivity index (χ1v) is 10.3. The Balaban J connectivity index is 1.37. The van der Waals surface area contributed by atoms with Gasteiger partial charge < -0.3 is 9.42 Å². The predicted molar refractivity (Wildman–Crippen MR) is 99.6 cm³/mol. The molecule has 2 aromatic rings. The first-order valence-electron chi connectivity index (χ1n) is 10.3. The maximum absolute atomic E-state index is 5.64. The van der Waals surface area contributed by atoms with E-state index in [-0.39, 0.29) is 5.41 Å². The maximum atomic E-state index is 5.64. The van der Waals surface area contributed by atoms with Gasteiger partial charge in [-0.1, -0.05) is 30.8 Å². The molecule has 0 unspecified atom stereocenters. The van der Waals surface area contributed by atoms with Crippen LogP contribution in [0, 0.1) is 5.92 Å². The number of nitrogens with zero attached hydrogens (tertiary/aromatic N) is 4. The van der Waals surface area contributed by atoms with E-state index >= 15 is 0 Å². The van der Waals surface area contributed by atoms with Crippen LogP contribution in [0.1, 0.15) is 63.6 Å². The maximum Gasteiger partial charge on any atom is 0.259 e. The van der Waals surface area contributed by atoms with Gasteiger partial charge in [0.15, 0.2) is 5.82 Å². The van der Waals surface area contributed by atoms with Crippen LogP contribution < -0.4 is 0 Å². The molecule has 138 valence electrons. The molecule has 0 amide bonds. The normalized spacial score (nSPS) is 24.2. The summed E-state index contributed by atoms with van der Waals surface area (Å²) in [6.07, 6.45) is 15.5. The van der Waals surface area contributed by atoms with E-state index in [1.165, 1.54) is 70.9 Å². The Morgan fingerprint density at radius 3 is 2.62 bits per heavy atom. The van der Waals surface area contributed by atoms with E-state index in [4.69, 9.17) is 9.51 Å². The number of likely N-dealkylation sites (tertiary alicyclic amines) is 1. The molecule has 3 fully saturated rings. The molecule has 0 bridgehead atoms. The third-order valence-electron chi connectivity index (χ3n) is 6.78. The first kappa shape index (κ1) is 16.4. The topological polar surface area (TPSA) is 55.1 Å². The summed E-state index contributed by atoms with van der Waals surface area (Å²) in [5.41, 5.74) is 1.02. The number of hydrogen-bond donors (Lipinski definition) is 0. The van der Waals surface area contributed by atoms with E-state index < -0.39 is 0 Å². The monoisotopic (exact) mass is 352 g/mol. The molecule has 1 saturated heterocycles. The first-order chi connectivity index (χ1) is 12.8. The van der Waals surface area contributed by atoms with Gasteiger partial charge in [-0.2, -0.15) is 4.98 Å². The van der Waals surface area contributed by atoms with Crippen molar-refractivity contribution in [2.24, 2.45) is 5.92 Å². The van der Waals surface area contributed by atoms with Crippen molar-refractivity contribution in [1.82, 2.24) is 20.0 Å². The quantitative estimate of drug-likeness (QED) is 0.807. The molecule has 3 aliphatic rings. The Morgan fingerprint density at radius 1 is 1.12 bits per heavy atom. The van der Waals surface area contributed by atoms with Crippen molar-refractivity contribution >= 4 is 0 Å². The highest BCUT2D eigenvalue weighted by molar-refractivity contribution is 5.50. The SMILES string of the molecule is c1cncc(-c2nc(C3(CC4CC4)CCN(C4CCCC4)CC3)no2)c1. The third kappa shape index (κ3) is 3.18. The second-order valence-corrected chi connectivity index (χ2v) is 8.57. The third-order valence-corrected chi connectivity index (χ3v) is 6.78. The van der Waals surface area contributed by atoms with Gasteiger partial charge >= 0.3 is 0 Å². The smallest absolute Gasteiger partial charge is 0.259 e. The molecule has 0 aromatic carbocycles. The van der Waals surface area contributed by atoms with Gasteiger partial charge in [0, 0.05) is 23.9 Å². The molecular formula is C21H28N4O. The van der Waals surface area contributed by atoms with Crippen LogP contribution in [-0.4, -0.2) is 39.2 Å². The van der Waals surface area contributed by atoms with Crippen molar-refractivity contribution in [1.29, 1.82) is 0 Å². The van der Waals surface area contributed by atoms with Crippen LogP contribution in [-0.2, 0) is 5.41 Å². The number of rotatable bonds is 5. The second kappa shape index (κ2) is 6.76. The molecule has 0 N–H and O–H groups in total. The summed E-state index contributed by atoms with van der Waals surface area (Å²) in [5.74, 6) is 2.42. The van der Waals surface area contributed by atoms with Crippen LogP contribution >= 0.6 is 0 Å². The number of piperidine rings is 1. The van der Waals surface area contributed by atoms with Crippen LogP contribution in [0.15, 0.2) is 29.0 Å². The Kier molecular flexibility index (Phi) is 4.27. The lowest BCUT2D eigenvalue weighted by Gasteiger charge is -2.42. The van der Waals surface area contributed by atoms with Gasteiger partial charge in [0.1, 0.15) is 0 Å². The molecule has 3 heterocycles. The molecule has 1 aliphatic heterocycles. The largest absolute Gasteiger partial charge is 0.334 e. The standard InChI is InChI=1S/C21H28N4O/c1-2-6-18(5-1)25-12-9-21(10-13-25,14-16-7-8-16)20-23-19(26-24-20)17-4-3-11-22-15-17/h3-4,11,15-16,18H,1-2,5-10,12-14H2. The summed E-state index contributed by atoms with van der Waals surface area (Å²) in [4.78, 5) is 11.8. The fourth-order valence-electron chi connectivity index (χ4n) is 5.03. The highest BCUT2D eigenvalue weighted by Crippen LogP contribution is 2.47. The minimum atomic E-state index is 0.111. The molecule has 5 heteroatoms. The molecule has 2 aliphatic carbocycles. The van der Waals surface area contributed by atoms with E-state index in [1.54, 1.807) is 12.4 Å². The van der Waals surface area contributed by atoms with Gasteiger partial charge in [0.2, 0.25) is 0 Å². The lowest BCUT2D eigenvalue weighted by Crippen LogP contribution is -2.47. The van der Waals surface area contributed by atoms with Gasteiger partial charge in [-0.3, -0.25) is 4.98 Å². The fraction of sp³-hybridized carbons (Fsp3) is 0.667. The number of pyridine rings is 1. The van der Waals surface area contributed by atoms with Crippen molar-refractivity contribution in [3.05, 3.63) is 30.4 Å². The van der Waals surface area contributed by atoms with Crippen LogP contribution in [0.3, 0.4) is 0 Å². The second-order valence-electron chi connectivity index (χ2n) is 8.57. The number of hydrogen-bond acceptors (Lipinski definition) is 5. The molecular weight excluding hydrogens is 324 g/mol. The van der Waals surface area contributed by atoms with Gasteiger partial charge in [-0.15, -0.1) is 0 Å². The van der Waals surface area contributed by atoms with E-state index in [1.807, 2.05) is 12.1 Å². The molecule has 5 nitrogen and oxygen atoms in total. The fourth-order valence-corrected chi connectivity index (χ4v) is 5.03. The molecule has 2 saturated carbocycles. The van der Waals surface area contributed by atoms with Gasteiger partial charge in [0.05, 0.1) is 5.56 Å². The van der Waals surface area contributed by atoms with Crippen molar-refractivity contribution in [2.75, 3.05) is 13.1 Å². The van der Waals surface area contributed by atoms with Crippen LogP contribution in [0.5, 0.6) is 0 Å². The summed E-state index contributed by atoms with van der Waals surface area (Å²) >= 11 is 0. The predicted octanol–water partition coefficient (Wildman–Crippen LogP) is 4.21. The zero-order valence-corrected chi connectivity index (χ0v) is 15.4. The van der Waals surface area contributed by atoms with Crippen molar-refractivity contribution < 1.29 is 4.52 Å². The molecule has 0 radical (unpaired) electrons. The summed E-state index contributed by atoms with van der Waals surface area (Å²) < 4.78 is 5.64. The Labute approximate surface area is 155 Å². The van der Waals surface area contributed by atoms with Gasteiger partial charge in [-0.05, 0) is 63.2 Å². The number of aromatic nitrogens is 3. The summed E-state index contributed by atoms with van der Waals surface area (Å²) in [5, 5.41) is 4.46. The summed E-state index contributed by atoms with van der Waals surface area (Å²) in [7, 11) is 0. The van der Waals surface area contributed by atoms with Gasteiger partial charge in [0.25, 0.3) is 5.89 Å². The van der Waals surface area contributed by atoms with E-state index in [9.17, 15) is 0 Å². The molecule has 5 rings (SSSR count). The Morgan fingerprint density at radius 2 is 1.92 bits per heavy atom. The average Bonchev–Trinajstić information content (AvgIpc) is 3.17. The van der Waals surface area contributed by atoms with Crippen LogP contribution in [0.2, 0.25) is 0 Å². The van der Waals surface area contributed by atoms with Gasteiger partial charge in [-0.25, -0.2) is 0 Å². The summed E-state index contributed by atoms with van der Waals surface area (Å²) in [6.45, 7) is 2.38. The lowest BCUT2D eigenvalue weighted by atomic mass is 9.73. The molecule has 0 spiro atoms. The Bertz CT molecular complexity index is 725. The lowest BCUT2D eigenvalue weighted by molar-refractivity contribution is 0.102. The minimum Gasteiger partial charge on any atom is -0.334 e. The highest BCUT2D eigenvalue weighted by atomic mass is 16.5. The minimum absolute atomic E-state index is 0.111. The zero-order valence-electron chi connectivity index (χ0n) is 15.4. The zero-order chi connectivity index (χ0) is 17.4. The van der Waals surface area contributed by atoms with Crippen molar-refractivity contribution in [3.63, 3.8) is 0 Å². The van der Waals surface area contributed by atoms with E-state index in [2.05, 4.69) is 15.0 Å². The van der Waals surface area contributed by atoms with Crippen LogP contribution in [0.4, 0.5) is 0 Å². The van der Waals surface area contributed by atoms with E-state index in [0.717, 1.165) is 23.3 Å². The van der Waals surface area contributed by atoms with Crippen LogP contribution in [0.25, 0.3) is 11.5 Å². The average molecular weight is 352 g/mol. The molecule has 26 heavy (non-hydrogen) atoms. The van der Waals surface area contributed by atoms with Crippen molar-refractivity contribution in [3.8, 4) is 11.5 Å². The van der Waals surface area contributed by atoms with Crippen molar-refractivity contribution in [2.45, 2.75) is 69.2 Å². The molecule has 0 atom stereocenters. The Hall–Kier alpha value is -1.75. The van der Waals surface area contributed by atoms with E-state index in [0.29, 0.717) is 5.89 Å². The molecule has 2 aromatic heterocycles. The summed E-state index contributed by atoms with van der Waals surface area (Å²) in [6, 6.07) is 4.73. The highest BCUT2D eigenvalue weighted by Gasteiger charge is 2.45.